The number of imidazole rings is 1. The van der Waals surface area contributed by atoms with E-state index in [0.717, 1.165) is 21.6 Å². The van der Waals surface area contributed by atoms with E-state index < -0.39 is 0 Å². The molecule has 1 heterocycles. The Morgan fingerprint density at radius 1 is 1.43 bits per heavy atom. The van der Waals surface area contributed by atoms with E-state index >= 15 is 0 Å². The Morgan fingerprint density at radius 3 is 2.79 bits per heavy atom. The van der Waals surface area contributed by atoms with Crippen LogP contribution in [0.3, 0.4) is 0 Å². The fourth-order valence-electron chi connectivity index (χ4n) is 1.23. The molecule has 0 radical (unpaired) electrons. The van der Waals surface area contributed by atoms with Gasteiger partial charge in [0.2, 0.25) is 0 Å². The molecular formula is C10H8BrClN2. The maximum atomic E-state index is 5.85. The van der Waals surface area contributed by atoms with E-state index in [1.54, 1.807) is 6.20 Å². The van der Waals surface area contributed by atoms with Gasteiger partial charge in [-0.05, 0) is 41.1 Å². The van der Waals surface area contributed by atoms with Gasteiger partial charge in [0.05, 0.1) is 0 Å². The first kappa shape index (κ1) is 9.74. The first-order chi connectivity index (χ1) is 6.66. The molecule has 2 aromatic rings. The number of halogens is 2. The van der Waals surface area contributed by atoms with Gasteiger partial charge in [-0.15, -0.1) is 0 Å². The van der Waals surface area contributed by atoms with Gasteiger partial charge in [0.25, 0.3) is 0 Å². The summed E-state index contributed by atoms with van der Waals surface area (Å²) in [6.07, 6.45) is 1.80. The molecule has 4 heteroatoms. The lowest BCUT2D eigenvalue weighted by Gasteiger charge is -2.00. The fraction of sp³-hybridized carbons (Fsp3) is 0.100. The summed E-state index contributed by atoms with van der Waals surface area (Å²) < 4.78 is 0.944. The van der Waals surface area contributed by atoms with Crippen LogP contribution in [-0.2, 0) is 0 Å². The van der Waals surface area contributed by atoms with Crippen molar-refractivity contribution < 1.29 is 0 Å². The summed E-state index contributed by atoms with van der Waals surface area (Å²) in [5.74, 6) is 0.853. The van der Waals surface area contributed by atoms with Crippen LogP contribution in [0.5, 0.6) is 0 Å². The van der Waals surface area contributed by atoms with Crippen LogP contribution in [0.1, 0.15) is 5.69 Å². The van der Waals surface area contributed by atoms with Gasteiger partial charge < -0.3 is 4.98 Å². The summed E-state index contributed by atoms with van der Waals surface area (Å²) in [4.78, 5) is 7.42. The van der Waals surface area contributed by atoms with Crippen molar-refractivity contribution in [1.82, 2.24) is 9.97 Å². The van der Waals surface area contributed by atoms with Crippen LogP contribution in [0.4, 0.5) is 0 Å². The van der Waals surface area contributed by atoms with Crippen molar-refractivity contribution in [2.45, 2.75) is 6.92 Å². The summed E-state index contributed by atoms with van der Waals surface area (Å²) in [7, 11) is 0. The molecule has 14 heavy (non-hydrogen) atoms. The molecule has 0 fully saturated rings. The Hall–Kier alpha value is -0.800. The number of nitrogens with zero attached hydrogens (tertiary/aromatic N) is 1. The molecule has 0 bridgehead atoms. The third-order valence-corrected chi connectivity index (χ3v) is 2.78. The topological polar surface area (TPSA) is 28.7 Å². The lowest BCUT2D eigenvalue weighted by molar-refractivity contribution is 1.25. The third kappa shape index (κ3) is 1.83. The first-order valence-corrected chi connectivity index (χ1v) is 5.31. The molecule has 0 aliphatic rings. The minimum atomic E-state index is 0.712. The summed E-state index contributed by atoms with van der Waals surface area (Å²) in [6, 6.07) is 5.64. The van der Waals surface area contributed by atoms with Crippen LogP contribution in [0.15, 0.2) is 28.9 Å². The molecular weight excluding hydrogens is 263 g/mol. The van der Waals surface area contributed by atoms with Crippen molar-refractivity contribution in [3.8, 4) is 11.4 Å². The number of nitrogens with one attached hydrogen (secondary N) is 1. The van der Waals surface area contributed by atoms with Gasteiger partial charge in [-0.2, -0.15) is 0 Å². The second kappa shape index (κ2) is 3.75. The van der Waals surface area contributed by atoms with Crippen LogP contribution in [-0.4, -0.2) is 9.97 Å². The smallest absolute Gasteiger partial charge is 0.138 e. The fourth-order valence-corrected chi connectivity index (χ4v) is 2.10. The molecule has 0 aliphatic carbocycles. The number of benzene rings is 1. The highest BCUT2D eigenvalue weighted by molar-refractivity contribution is 9.10. The standard InChI is InChI=1S/C10H8BrClN2/c1-6-5-13-10(14-6)8-3-2-7(12)4-9(8)11/h2-5H,1H3,(H,13,14). The predicted molar refractivity (Wildman–Crippen MR) is 61.5 cm³/mol. The average Bonchev–Trinajstić information content (AvgIpc) is 2.51. The molecule has 1 aromatic carbocycles. The number of aromatic nitrogens is 2. The van der Waals surface area contributed by atoms with E-state index in [0.29, 0.717) is 5.02 Å². The highest BCUT2D eigenvalue weighted by Gasteiger charge is 2.06. The lowest BCUT2D eigenvalue weighted by atomic mass is 10.2. The summed E-state index contributed by atoms with van der Waals surface area (Å²) in [5.41, 5.74) is 2.06. The van der Waals surface area contributed by atoms with Gasteiger partial charge in [-0.25, -0.2) is 4.98 Å². The van der Waals surface area contributed by atoms with Gasteiger partial charge in [0.15, 0.2) is 0 Å². The van der Waals surface area contributed by atoms with Crippen LogP contribution >= 0.6 is 27.5 Å². The zero-order valence-electron chi connectivity index (χ0n) is 7.51. The van der Waals surface area contributed by atoms with Gasteiger partial charge in [0, 0.05) is 26.9 Å². The Kier molecular flexibility index (Phi) is 2.61. The van der Waals surface area contributed by atoms with E-state index in [9.17, 15) is 0 Å². The number of H-pyrrole nitrogens is 1. The second-order valence-corrected chi connectivity index (χ2v) is 4.33. The number of aromatic amines is 1. The van der Waals surface area contributed by atoms with Crippen molar-refractivity contribution in [3.05, 3.63) is 39.6 Å². The van der Waals surface area contributed by atoms with Crippen molar-refractivity contribution in [1.29, 1.82) is 0 Å². The van der Waals surface area contributed by atoms with Crippen molar-refractivity contribution >= 4 is 27.5 Å². The highest BCUT2D eigenvalue weighted by atomic mass is 79.9. The SMILES string of the molecule is Cc1cnc(-c2ccc(Cl)cc2Br)[nH]1. The zero-order chi connectivity index (χ0) is 10.1. The van der Waals surface area contributed by atoms with Gasteiger partial charge in [-0.1, -0.05) is 11.6 Å². The molecule has 0 amide bonds. The minimum absolute atomic E-state index is 0.712. The maximum absolute atomic E-state index is 5.85. The Labute approximate surface area is 95.5 Å². The average molecular weight is 272 g/mol. The molecule has 2 nitrogen and oxygen atoms in total. The monoisotopic (exact) mass is 270 g/mol. The lowest BCUT2D eigenvalue weighted by Crippen LogP contribution is -1.82. The Bertz CT molecular complexity index is 465. The second-order valence-electron chi connectivity index (χ2n) is 3.04. The van der Waals surface area contributed by atoms with E-state index in [2.05, 4.69) is 25.9 Å². The van der Waals surface area contributed by atoms with Crippen LogP contribution in [0, 0.1) is 6.92 Å². The van der Waals surface area contributed by atoms with Crippen LogP contribution < -0.4 is 0 Å². The molecule has 1 aromatic heterocycles. The van der Waals surface area contributed by atoms with E-state index in [-0.39, 0.29) is 0 Å². The quantitative estimate of drug-likeness (QED) is 0.839. The predicted octanol–water partition coefficient (Wildman–Crippen LogP) is 3.80. The summed E-state index contributed by atoms with van der Waals surface area (Å²) in [6.45, 7) is 1.97. The van der Waals surface area contributed by atoms with Gasteiger partial charge in [-0.3, -0.25) is 0 Å². The number of hydrogen-bond acceptors (Lipinski definition) is 1. The molecule has 0 saturated heterocycles. The summed E-state index contributed by atoms with van der Waals surface area (Å²) >= 11 is 9.30. The number of aryl methyl sites for hydroxylation is 1. The van der Waals surface area contributed by atoms with Gasteiger partial charge in [0.1, 0.15) is 5.82 Å². The van der Waals surface area contributed by atoms with Crippen LogP contribution in [0.25, 0.3) is 11.4 Å². The van der Waals surface area contributed by atoms with E-state index in [1.807, 2.05) is 25.1 Å². The van der Waals surface area contributed by atoms with Crippen molar-refractivity contribution in [2.75, 3.05) is 0 Å². The largest absolute Gasteiger partial charge is 0.342 e. The summed E-state index contributed by atoms with van der Waals surface area (Å²) in [5, 5.41) is 0.712. The maximum Gasteiger partial charge on any atom is 0.138 e. The molecule has 1 N–H and O–H groups in total. The molecule has 0 saturated carbocycles. The molecule has 2 rings (SSSR count). The Morgan fingerprint density at radius 2 is 2.21 bits per heavy atom. The van der Waals surface area contributed by atoms with E-state index in [1.165, 1.54) is 0 Å². The molecule has 0 atom stereocenters. The van der Waals surface area contributed by atoms with Crippen molar-refractivity contribution in [2.24, 2.45) is 0 Å². The van der Waals surface area contributed by atoms with Gasteiger partial charge >= 0.3 is 0 Å². The van der Waals surface area contributed by atoms with Crippen molar-refractivity contribution in [3.63, 3.8) is 0 Å². The van der Waals surface area contributed by atoms with E-state index in [4.69, 9.17) is 11.6 Å². The molecule has 72 valence electrons. The number of rotatable bonds is 1. The molecule has 0 spiro atoms. The minimum Gasteiger partial charge on any atom is -0.342 e. The highest BCUT2D eigenvalue weighted by Crippen LogP contribution is 2.28. The normalized spacial score (nSPS) is 10.5. The zero-order valence-corrected chi connectivity index (χ0v) is 9.85. The number of hydrogen-bond donors (Lipinski definition) is 1. The molecule has 0 aliphatic heterocycles. The Balaban J connectivity index is 2.52. The first-order valence-electron chi connectivity index (χ1n) is 4.14. The molecule has 0 unspecified atom stereocenters. The third-order valence-electron chi connectivity index (χ3n) is 1.89. The van der Waals surface area contributed by atoms with Crippen LogP contribution in [0.2, 0.25) is 5.02 Å².